The van der Waals surface area contributed by atoms with Gasteiger partial charge in [0.05, 0.1) is 27.8 Å². The van der Waals surface area contributed by atoms with Crippen LogP contribution < -0.4 is 0 Å². The van der Waals surface area contributed by atoms with Gasteiger partial charge in [0.15, 0.2) is 0 Å². The summed E-state index contributed by atoms with van der Waals surface area (Å²) in [6.45, 7) is 4.72. The van der Waals surface area contributed by atoms with Crippen LogP contribution in [0, 0.1) is 0 Å². The fourth-order valence-electron chi connectivity index (χ4n) is 10.0. The molecule has 12 rings (SSSR count). The number of benzene rings is 9. The quantitative estimate of drug-likeness (QED) is 0.171. The molecule has 0 atom stereocenters. The molecular weight excluding hydrogens is 689 g/mol. The van der Waals surface area contributed by atoms with Crippen LogP contribution in [0.25, 0.3) is 99.1 Å². The Hall–Kier alpha value is -7.16. The van der Waals surface area contributed by atoms with Crippen LogP contribution in [0.5, 0.6) is 0 Å². The third-order valence-corrected chi connectivity index (χ3v) is 12.7. The molecule has 0 radical (unpaired) electrons. The fourth-order valence-corrected chi connectivity index (χ4v) is 10.0. The molecule has 0 spiro atoms. The summed E-state index contributed by atoms with van der Waals surface area (Å²) in [6, 6.07) is 71.9. The monoisotopic (exact) mass is 726 g/mol. The Balaban J connectivity index is 1.01. The van der Waals surface area contributed by atoms with Gasteiger partial charge in [-0.25, -0.2) is 0 Å². The number of aromatic nitrogens is 2. The van der Waals surface area contributed by atoms with Crippen LogP contribution in [0.3, 0.4) is 0 Å². The molecular formula is C55H38N2. The summed E-state index contributed by atoms with van der Waals surface area (Å²) in [4.78, 5) is 0. The lowest BCUT2D eigenvalue weighted by Gasteiger charge is -2.22. The Labute approximate surface area is 331 Å². The third kappa shape index (κ3) is 4.59. The first-order chi connectivity index (χ1) is 28.0. The van der Waals surface area contributed by atoms with E-state index in [2.05, 4.69) is 217 Å². The predicted molar refractivity (Wildman–Crippen MR) is 241 cm³/mol. The lowest BCUT2D eigenvalue weighted by Crippen LogP contribution is -2.14. The molecule has 0 saturated carbocycles. The van der Waals surface area contributed by atoms with Gasteiger partial charge in [-0.2, -0.15) is 0 Å². The van der Waals surface area contributed by atoms with Crippen molar-refractivity contribution < 1.29 is 0 Å². The number of rotatable bonds is 4. The van der Waals surface area contributed by atoms with Gasteiger partial charge < -0.3 is 9.13 Å². The van der Waals surface area contributed by atoms with Gasteiger partial charge in [-0.15, -0.1) is 0 Å². The Bertz CT molecular complexity index is 3430. The lowest BCUT2D eigenvalue weighted by atomic mass is 9.81. The van der Waals surface area contributed by atoms with Crippen molar-refractivity contribution in [1.29, 1.82) is 0 Å². The van der Waals surface area contributed by atoms with E-state index in [9.17, 15) is 0 Å². The summed E-state index contributed by atoms with van der Waals surface area (Å²) >= 11 is 0. The van der Waals surface area contributed by atoms with Crippen molar-refractivity contribution >= 4 is 54.4 Å². The van der Waals surface area contributed by atoms with Gasteiger partial charge in [-0.1, -0.05) is 147 Å². The molecule has 11 aromatic rings. The maximum absolute atomic E-state index is 2.47. The van der Waals surface area contributed by atoms with Crippen molar-refractivity contribution in [2.75, 3.05) is 0 Å². The molecule has 268 valence electrons. The predicted octanol–water partition coefficient (Wildman–Crippen LogP) is 14.7. The van der Waals surface area contributed by atoms with E-state index in [0.717, 1.165) is 0 Å². The Morgan fingerprint density at radius 2 is 0.825 bits per heavy atom. The zero-order valence-electron chi connectivity index (χ0n) is 31.9. The van der Waals surface area contributed by atoms with Crippen molar-refractivity contribution in [3.63, 3.8) is 0 Å². The van der Waals surface area contributed by atoms with Crippen LogP contribution in [0.15, 0.2) is 194 Å². The first kappa shape index (κ1) is 32.1. The molecule has 0 N–H and O–H groups in total. The number of hydrogen-bond donors (Lipinski definition) is 0. The Kier molecular flexibility index (Phi) is 6.72. The number of fused-ring (bicyclic) bond motifs is 10. The minimum Gasteiger partial charge on any atom is -0.309 e. The summed E-state index contributed by atoms with van der Waals surface area (Å²) in [5.74, 6) is 0. The molecule has 0 unspecified atom stereocenters. The first-order valence-corrected chi connectivity index (χ1v) is 19.9. The second kappa shape index (κ2) is 11.9. The van der Waals surface area contributed by atoms with Crippen molar-refractivity contribution in [3.8, 4) is 44.8 Å². The number of hydrogen-bond acceptors (Lipinski definition) is 0. The second-order valence-electron chi connectivity index (χ2n) is 16.1. The average Bonchev–Trinajstić information content (AvgIpc) is 3.86. The highest BCUT2D eigenvalue weighted by molar-refractivity contribution is 6.14. The second-order valence-corrected chi connectivity index (χ2v) is 16.1. The van der Waals surface area contributed by atoms with Crippen LogP contribution in [0.2, 0.25) is 0 Å². The highest BCUT2D eigenvalue weighted by atomic mass is 15.0. The van der Waals surface area contributed by atoms with E-state index >= 15 is 0 Å². The molecule has 2 heterocycles. The van der Waals surface area contributed by atoms with Gasteiger partial charge in [0.25, 0.3) is 0 Å². The van der Waals surface area contributed by atoms with E-state index in [0.29, 0.717) is 0 Å². The molecule has 0 aliphatic heterocycles. The number of nitrogens with zero attached hydrogens (tertiary/aromatic N) is 2. The summed E-state index contributed by atoms with van der Waals surface area (Å²) < 4.78 is 4.85. The van der Waals surface area contributed by atoms with Crippen LogP contribution in [-0.4, -0.2) is 9.13 Å². The van der Waals surface area contributed by atoms with Crippen molar-refractivity contribution in [2.45, 2.75) is 19.3 Å². The van der Waals surface area contributed by atoms with E-state index in [1.54, 1.807) is 0 Å². The summed E-state index contributed by atoms with van der Waals surface area (Å²) in [6.07, 6.45) is 0. The van der Waals surface area contributed by atoms with Gasteiger partial charge >= 0.3 is 0 Å². The largest absolute Gasteiger partial charge is 0.309 e. The third-order valence-electron chi connectivity index (χ3n) is 12.7. The van der Waals surface area contributed by atoms with Crippen LogP contribution in [0.1, 0.15) is 25.0 Å². The maximum Gasteiger partial charge on any atom is 0.0541 e. The molecule has 0 bridgehead atoms. The minimum atomic E-state index is -0.0493. The van der Waals surface area contributed by atoms with Crippen molar-refractivity contribution in [2.24, 2.45) is 0 Å². The van der Waals surface area contributed by atoms with Crippen molar-refractivity contribution in [3.05, 3.63) is 205 Å². The van der Waals surface area contributed by atoms with Crippen molar-refractivity contribution in [1.82, 2.24) is 9.13 Å². The molecule has 2 nitrogen and oxygen atoms in total. The zero-order valence-corrected chi connectivity index (χ0v) is 31.9. The highest BCUT2D eigenvalue weighted by Crippen LogP contribution is 2.50. The summed E-state index contributed by atoms with van der Waals surface area (Å²) in [5.41, 5.74) is 17.6. The SMILES string of the molecule is CC1(C)c2ccccc2-c2ccc(-c3ccc(-n4c5ccccc5c5cc(-c6ccc7c(c6)c6ccccc6n7-c6ccccc6)ccc54)c4ccccc34)cc21. The fraction of sp³-hybridized carbons (Fsp3) is 0.0545. The van der Waals surface area contributed by atoms with Gasteiger partial charge in [-0.3, -0.25) is 0 Å². The molecule has 1 aliphatic carbocycles. The van der Waals surface area contributed by atoms with Crippen LogP contribution >= 0.6 is 0 Å². The van der Waals surface area contributed by atoms with E-state index in [1.165, 1.54) is 110 Å². The smallest absolute Gasteiger partial charge is 0.0541 e. The molecule has 1 aliphatic rings. The van der Waals surface area contributed by atoms with E-state index in [-0.39, 0.29) is 5.41 Å². The van der Waals surface area contributed by atoms with Gasteiger partial charge in [-0.05, 0) is 111 Å². The molecule has 2 heteroatoms. The summed E-state index contributed by atoms with van der Waals surface area (Å²) in [7, 11) is 0. The molecule has 57 heavy (non-hydrogen) atoms. The average molecular weight is 727 g/mol. The first-order valence-electron chi connectivity index (χ1n) is 19.9. The van der Waals surface area contributed by atoms with Gasteiger partial charge in [0.2, 0.25) is 0 Å². The highest BCUT2D eigenvalue weighted by Gasteiger charge is 2.35. The molecule has 0 fully saturated rings. The van der Waals surface area contributed by atoms with Crippen LogP contribution in [-0.2, 0) is 5.41 Å². The zero-order chi connectivity index (χ0) is 37.8. The lowest BCUT2D eigenvalue weighted by molar-refractivity contribution is 0.660. The summed E-state index contributed by atoms with van der Waals surface area (Å²) in [5, 5.41) is 7.53. The Morgan fingerprint density at radius 3 is 1.54 bits per heavy atom. The minimum absolute atomic E-state index is 0.0493. The van der Waals surface area contributed by atoms with E-state index in [4.69, 9.17) is 0 Å². The van der Waals surface area contributed by atoms with E-state index in [1.807, 2.05) is 0 Å². The Morgan fingerprint density at radius 1 is 0.316 bits per heavy atom. The molecule has 2 aromatic heterocycles. The standard InChI is InChI=1S/C55H38N2/c1-55(2)48-21-11-8-17-41(48)42-27-24-37(34-49(42)55)39-28-31-52(43-18-7-6-16-40(39)43)57-51-23-13-10-20-45(51)47-33-36(26-30-54(47)57)35-25-29-53-46(32-35)44-19-9-12-22-50(44)56(53)38-14-4-3-5-15-38/h3-34H,1-2H3. The topological polar surface area (TPSA) is 9.86 Å². The number of para-hydroxylation sites is 3. The molecule has 0 saturated heterocycles. The van der Waals surface area contributed by atoms with Gasteiger partial charge in [0.1, 0.15) is 0 Å². The molecule has 9 aromatic carbocycles. The maximum atomic E-state index is 2.47. The van der Waals surface area contributed by atoms with Gasteiger partial charge in [0, 0.05) is 38.0 Å². The van der Waals surface area contributed by atoms with E-state index < -0.39 is 0 Å². The van der Waals surface area contributed by atoms with Crippen LogP contribution in [0.4, 0.5) is 0 Å². The normalized spacial score (nSPS) is 13.2. The molecule has 0 amide bonds.